The van der Waals surface area contributed by atoms with E-state index in [1.165, 1.54) is 10.2 Å². The fourth-order valence-corrected chi connectivity index (χ4v) is 1.61. The summed E-state index contributed by atoms with van der Waals surface area (Å²) in [5, 5.41) is 5.64. The van der Waals surface area contributed by atoms with Gasteiger partial charge in [-0.2, -0.15) is 5.10 Å². The highest BCUT2D eigenvalue weighted by Crippen LogP contribution is 2.18. The molecule has 0 aliphatic rings. The SMILES string of the molecule is CC(C)c1ccc2cnn(C)c(=O)c2c1. The molecule has 0 spiro atoms. The van der Waals surface area contributed by atoms with E-state index >= 15 is 0 Å². The maximum absolute atomic E-state index is 11.8. The Kier molecular flexibility index (Phi) is 2.31. The largest absolute Gasteiger partial charge is 0.274 e. The highest BCUT2D eigenvalue weighted by Gasteiger charge is 2.04. The van der Waals surface area contributed by atoms with Crippen LogP contribution in [0.15, 0.2) is 29.2 Å². The molecule has 0 amide bonds. The van der Waals surface area contributed by atoms with Crippen LogP contribution in [-0.4, -0.2) is 9.78 Å². The molecule has 78 valence electrons. The van der Waals surface area contributed by atoms with Gasteiger partial charge in [0.2, 0.25) is 0 Å². The summed E-state index contributed by atoms with van der Waals surface area (Å²) < 4.78 is 1.37. The van der Waals surface area contributed by atoms with Crippen molar-refractivity contribution in [2.24, 2.45) is 7.05 Å². The quantitative estimate of drug-likeness (QED) is 0.709. The number of rotatable bonds is 1. The summed E-state index contributed by atoms with van der Waals surface area (Å²) in [5.74, 6) is 0.437. The average molecular weight is 202 g/mol. The van der Waals surface area contributed by atoms with Crippen molar-refractivity contribution in [3.05, 3.63) is 40.3 Å². The zero-order chi connectivity index (χ0) is 11.0. The molecule has 3 nitrogen and oxygen atoms in total. The highest BCUT2D eigenvalue weighted by atomic mass is 16.1. The van der Waals surface area contributed by atoms with Gasteiger partial charge in [0.15, 0.2) is 0 Å². The first-order chi connectivity index (χ1) is 7.09. The number of nitrogens with zero attached hydrogens (tertiary/aromatic N) is 2. The van der Waals surface area contributed by atoms with Crippen molar-refractivity contribution in [1.82, 2.24) is 9.78 Å². The van der Waals surface area contributed by atoms with E-state index in [-0.39, 0.29) is 5.56 Å². The third kappa shape index (κ3) is 1.65. The fraction of sp³-hybridized carbons (Fsp3) is 0.333. The zero-order valence-corrected chi connectivity index (χ0v) is 9.19. The summed E-state index contributed by atoms with van der Waals surface area (Å²) in [4.78, 5) is 11.8. The van der Waals surface area contributed by atoms with Gasteiger partial charge in [-0.15, -0.1) is 0 Å². The van der Waals surface area contributed by atoms with Crippen LogP contribution in [0.4, 0.5) is 0 Å². The molecule has 0 saturated carbocycles. The Hall–Kier alpha value is -1.64. The number of aromatic nitrogens is 2. The van der Waals surface area contributed by atoms with Crippen molar-refractivity contribution in [2.45, 2.75) is 19.8 Å². The molecule has 0 atom stereocenters. The van der Waals surface area contributed by atoms with Crippen molar-refractivity contribution < 1.29 is 0 Å². The first-order valence-corrected chi connectivity index (χ1v) is 5.05. The van der Waals surface area contributed by atoms with Crippen LogP contribution in [0.25, 0.3) is 10.8 Å². The summed E-state index contributed by atoms with van der Waals surface area (Å²) in [6.07, 6.45) is 1.72. The molecule has 3 heteroatoms. The predicted octanol–water partition coefficient (Wildman–Crippen LogP) is 2.06. The standard InChI is InChI=1S/C12H14N2O/c1-8(2)9-4-5-10-7-13-14(3)12(15)11(10)6-9/h4-8H,1-3H3. The lowest BCUT2D eigenvalue weighted by Gasteiger charge is -2.06. The Morgan fingerprint density at radius 1 is 1.33 bits per heavy atom. The second-order valence-electron chi connectivity index (χ2n) is 4.07. The predicted molar refractivity (Wildman–Crippen MR) is 61.1 cm³/mol. The van der Waals surface area contributed by atoms with Crippen molar-refractivity contribution in [1.29, 1.82) is 0 Å². The molecule has 0 unspecified atom stereocenters. The van der Waals surface area contributed by atoms with E-state index in [4.69, 9.17) is 0 Å². The minimum Gasteiger partial charge on any atom is -0.267 e. The minimum absolute atomic E-state index is 0.0324. The molecule has 1 heterocycles. The lowest BCUT2D eigenvalue weighted by atomic mass is 10.0. The van der Waals surface area contributed by atoms with Crippen LogP contribution in [0, 0.1) is 0 Å². The molecule has 0 aliphatic heterocycles. The van der Waals surface area contributed by atoms with E-state index in [0.29, 0.717) is 5.92 Å². The molecular formula is C12H14N2O. The number of hydrogen-bond donors (Lipinski definition) is 0. The molecule has 2 aromatic rings. The van der Waals surface area contributed by atoms with Gasteiger partial charge in [0.05, 0.1) is 11.6 Å². The van der Waals surface area contributed by atoms with Crippen molar-refractivity contribution >= 4 is 10.8 Å². The molecule has 0 bridgehead atoms. The van der Waals surface area contributed by atoms with Gasteiger partial charge in [0.25, 0.3) is 5.56 Å². The number of benzene rings is 1. The topological polar surface area (TPSA) is 34.9 Å². The van der Waals surface area contributed by atoms with Gasteiger partial charge in [0, 0.05) is 12.4 Å². The molecule has 0 aliphatic carbocycles. The van der Waals surface area contributed by atoms with Gasteiger partial charge in [0.1, 0.15) is 0 Å². The summed E-state index contributed by atoms with van der Waals surface area (Å²) in [6, 6.07) is 5.97. The monoisotopic (exact) mass is 202 g/mol. The molecule has 0 fully saturated rings. The Bertz CT molecular complexity index is 555. The third-order valence-corrected chi connectivity index (χ3v) is 2.64. The van der Waals surface area contributed by atoms with E-state index in [9.17, 15) is 4.79 Å². The van der Waals surface area contributed by atoms with E-state index in [1.54, 1.807) is 13.2 Å². The molecule has 0 saturated heterocycles. The second-order valence-corrected chi connectivity index (χ2v) is 4.07. The average Bonchev–Trinajstić information content (AvgIpc) is 2.23. The van der Waals surface area contributed by atoms with Crippen LogP contribution in [-0.2, 0) is 7.05 Å². The summed E-state index contributed by atoms with van der Waals surface area (Å²) in [7, 11) is 1.67. The van der Waals surface area contributed by atoms with Gasteiger partial charge in [-0.3, -0.25) is 4.79 Å². The van der Waals surface area contributed by atoms with Crippen LogP contribution in [0.1, 0.15) is 25.3 Å². The fourth-order valence-electron chi connectivity index (χ4n) is 1.61. The Labute approximate surface area is 88.4 Å². The van der Waals surface area contributed by atoms with Crippen LogP contribution < -0.4 is 5.56 Å². The van der Waals surface area contributed by atoms with Crippen LogP contribution in [0.5, 0.6) is 0 Å². The lowest BCUT2D eigenvalue weighted by molar-refractivity contribution is 0.718. The van der Waals surface area contributed by atoms with Crippen molar-refractivity contribution in [3.63, 3.8) is 0 Å². The van der Waals surface area contributed by atoms with Gasteiger partial charge < -0.3 is 0 Å². The van der Waals surface area contributed by atoms with E-state index in [2.05, 4.69) is 18.9 Å². The smallest absolute Gasteiger partial charge is 0.267 e. The van der Waals surface area contributed by atoms with Gasteiger partial charge in [-0.25, -0.2) is 4.68 Å². The molecule has 1 aromatic carbocycles. The third-order valence-electron chi connectivity index (χ3n) is 2.64. The first kappa shape index (κ1) is 9.90. The Morgan fingerprint density at radius 2 is 2.07 bits per heavy atom. The molecular weight excluding hydrogens is 188 g/mol. The normalized spacial score (nSPS) is 11.2. The Balaban J connectivity index is 2.80. The molecule has 0 radical (unpaired) electrons. The Morgan fingerprint density at radius 3 is 2.73 bits per heavy atom. The molecule has 0 N–H and O–H groups in total. The van der Waals surface area contributed by atoms with Gasteiger partial charge >= 0.3 is 0 Å². The van der Waals surface area contributed by atoms with Crippen molar-refractivity contribution in [3.8, 4) is 0 Å². The van der Waals surface area contributed by atoms with Gasteiger partial charge in [-0.1, -0.05) is 26.0 Å². The van der Waals surface area contributed by atoms with Crippen molar-refractivity contribution in [2.75, 3.05) is 0 Å². The summed E-state index contributed by atoms with van der Waals surface area (Å²) in [6.45, 7) is 4.24. The maximum atomic E-state index is 11.8. The van der Waals surface area contributed by atoms with Gasteiger partial charge in [-0.05, 0) is 17.5 Å². The first-order valence-electron chi connectivity index (χ1n) is 5.05. The number of hydrogen-bond acceptors (Lipinski definition) is 2. The summed E-state index contributed by atoms with van der Waals surface area (Å²) in [5.41, 5.74) is 1.15. The van der Waals surface area contributed by atoms with Crippen LogP contribution in [0.3, 0.4) is 0 Å². The molecule has 15 heavy (non-hydrogen) atoms. The highest BCUT2D eigenvalue weighted by molar-refractivity contribution is 5.81. The van der Waals surface area contributed by atoms with E-state index in [0.717, 1.165) is 10.8 Å². The molecule has 2 rings (SSSR count). The lowest BCUT2D eigenvalue weighted by Crippen LogP contribution is -2.19. The maximum Gasteiger partial charge on any atom is 0.274 e. The van der Waals surface area contributed by atoms with Crippen LogP contribution in [0.2, 0.25) is 0 Å². The van der Waals surface area contributed by atoms with Crippen LogP contribution >= 0.6 is 0 Å². The van der Waals surface area contributed by atoms with E-state index in [1.807, 2.05) is 18.2 Å². The molecule has 1 aromatic heterocycles. The minimum atomic E-state index is -0.0324. The van der Waals surface area contributed by atoms with E-state index < -0.39 is 0 Å². The summed E-state index contributed by atoms with van der Waals surface area (Å²) >= 11 is 0. The zero-order valence-electron chi connectivity index (χ0n) is 9.19. The number of fused-ring (bicyclic) bond motifs is 1. The number of aryl methyl sites for hydroxylation is 1. The second kappa shape index (κ2) is 3.50.